The van der Waals surface area contributed by atoms with E-state index in [1.165, 1.54) is 12.8 Å². The maximum absolute atomic E-state index is 5.85. The number of nitrogens with zero attached hydrogens (tertiary/aromatic N) is 2. The van der Waals surface area contributed by atoms with E-state index < -0.39 is 0 Å². The summed E-state index contributed by atoms with van der Waals surface area (Å²) in [6.45, 7) is 1.94. The molecule has 1 fully saturated rings. The Kier molecular flexibility index (Phi) is 3.65. The van der Waals surface area contributed by atoms with Crippen molar-refractivity contribution < 1.29 is 4.74 Å². The van der Waals surface area contributed by atoms with E-state index in [4.69, 9.17) is 4.74 Å². The molecule has 2 aromatic rings. The van der Waals surface area contributed by atoms with Crippen molar-refractivity contribution in [2.24, 2.45) is 0 Å². The summed E-state index contributed by atoms with van der Waals surface area (Å²) in [4.78, 5) is 8.78. The van der Waals surface area contributed by atoms with Gasteiger partial charge in [0.15, 0.2) is 0 Å². The Morgan fingerprint density at radius 1 is 1.25 bits per heavy atom. The first-order valence-corrected chi connectivity index (χ1v) is 6.98. The van der Waals surface area contributed by atoms with Gasteiger partial charge in [-0.05, 0) is 44.5 Å². The highest BCUT2D eigenvalue weighted by atomic mass is 16.5. The summed E-state index contributed by atoms with van der Waals surface area (Å²) >= 11 is 0. The van der Waals surface area contributed by atoms with Gasteiger partial charge in [0, 0.05) is 6.20 Å². The minimum Gasteiger partial charge on any atom is -0.490 e. The van der Waals surface area contributed by atoms with Crippen LogP contribution < -0.4 is 10.1 Å². The van der Waals surface area contributed by atoms with E-state index in [1.807, 2.05) is 32.3 Å². The number of aryl methyl sites for hydroxylation is 1. The van der Waals surface area contributed by atoms with Crippen LogP contribution in [0.5, 0.6) is 5.75 Å². The molecular formula is C16H19N3O. The molecule has 4 heteroatoms. The van der Waals surface area contributed by atoms with Crippen LogP contribution in [0.3, 0.4) is 0 Å². The molecule has 104 valence electrons. The van der Waals surface area contributed by atoms with Crippen LogP contribution >= 0.6 is 0 Å². The number of ether oxygens (including phenoxy) is 1. The van der Waals surface area contributed by atoms with E-state index in [9.17, 15) is 0 Å². The Morgan fingerprint density at radius 2 is 2.10 bits per heavy atom. The molecule has 0 aliphatic heterocycles. The second kappa shape index (κ2) is 5.59. The Labute approximate surface area is 119 Å². The third-order valence-electron chi connectivity index (χ3n) is 3.40. The maximum Gasteiger partial charge on any atom is 0.120 e. The highest BCUT2D eigenvalue weighted by Crippen LogP contribution is 2.29. The number of nitrogens with one attached hydrogen (secondary N) is 1. The zero-order chi connectivity index (χ0) is 13.9. The van der Waals surface area contributed by atoms with E-state index in [2.05, 4.69) is 27.4 Å². The van der Waals surface area contributed by atoms with E-state index >= 15 is 0 Å². The molecular weight excluding hydrogens is 250 g/mol. The van der Waals surface area contributed by atoms with Crippen molar-refractivity contribution in [1.29, 1.82) is 0 Å². The van der Waals surface area contributed by atoms with Crippen LogP contribution in [0.1, 0.15) is 35.8 Å². The average molecular weight is 269 g/mol. The number of benzene rings is 1. The van der Waals surface area contributed by atoms with Crippen LogP contribution in [0.2, 0.25) is 0 Å². The number of rotatable bonds is 5. The molecule has 1 aromatic heterocycles. The quantitative estimate of drug-likeness (QED) is 0.906. The minimum atomic E-state index is 0.0332. The van der Waals surface area contributed by atoms with Gasteiger partial charge in [-0.3, -0.25) is 9.97 Å². The molecule has 1 aliphatic rings. The highest BCUT2D eigenvalue weighted by molar-refractivity contribution is 5.34. The fourth-order valence-electron chi connectivity index (χ4n) is 2.18. The second-order valence-electron chi connectivity index (χ2n) is 5.19. The van der Waals surface area contributed by atoms with Crippen molar-refractivity contribution in [1.82, 2.24) is 15.3 Å². The lowest BCUT2D eigenvalue weighted by Gasteiger charge is -2.17. The molecule has 1 unspecified atom stereocenters. The SMILES string of the molecule is CNC(c1cccc(OC2CC2)c1)c1cnc(C)cn1. The van der Waals surface area contributed by atoms with Crippen molar-refractivity contribution in [2.75, 3.05) is 7.05 Å². The Morgan fingerprint density at radius 3 is 2.75 bits per heavy atom. The second-order valence-corrected chi connectivity index (χ2v) is 5.19. The van der Waals surface area contributed by atoms with Gasteiger partial charge in [-0.25, -0.2) is 0 Å². The summed E-state index contributed by atoms with van der Waals surface area (Å²) < 4.78 is 5.85. The monoisotopic (exact) mass is 269 g/mol. The molecule has 1 heterocycles. The lowest BCUT2D eigenvalue weighted by molar-refractivity contribution is 0.302. The highest BCUT2D eigenvalue weighted by Gasteiger charge is 2.24. The molecule has 1 N–H and O–H groups in total. The molecule has 1 atom stereocenters. The summed E-state index contributed by atoms with van der Waals surface area (Å²) in [5, 5.41) is 3.29. The third kappa shape index (κ3) is 2.96. The number of hydrogen-bond acceptors (Lipinski definition) is 4. The lowest BCUT2D eigenvalue weighted by Crippen LogP contribution is -2.19. The fraction of sp³-hybridized carbons (Fsp3) is 0.375. The molecule has 3 rings (SSSR count). The first-order chi connectivity index (χ1) is 9.76. The van der Waals surface area contributed by atoms with Crippen molar-refractivity contribution in [2.45, 2.75) is 31.9 Å². The van der Waals surface area contributed by atoms with Crippen LogP contribution in [0, 0.1) is 6.92 Å². The fourth-order valence-corrected chi connectivity index (χ4v) is 2.18. The van der Waals surface area contributed by atoms with Crippen molar-refractivity contribution in [3.63, 3.8) is 0 Å². The summed E-state index contributed by atoms with van der Waals surface area (Å²) in [7, 11) is 1.93. The molecule has 0 radical (unpaired) electrons. The van der Waals surface area contributed by atoms with Gasteiger partial charge in [-0.1, -0.05) is 12.1 Å². The van der Waals surface area contributed by atoms with Crippen molar-refractivity contribution in [3.05, 3.63) is 53.6 Å². The standard InChI is InChI=1S/C16H19N3O/c1-11-9-19-15(10-18-11)16(17-2)12-4-3-5-14(8-12)20-13-6-7-13/h3-5,8-10,13,16-17H,6-7H2,1-2H3. The van der Waals surface area contributed by atoms with Crippen molar-refractivity contribution >= 4 is 0 Å². The van der Waals surface area contributed by atoms with Crippen molar-refractivity contribution in [3.8, 4) is 5.75 Å². The van der Waals surface area contributed by atoms with Gasteiger partial charge in [-0.2, -0.15) is 0 Å². The number of hydrogen-bond donors (Lipinski definition) is 1. The molecule has 1 aliphatic carbocycles. The minimum absolute atomic E-state index is 0.0332. The molecule has 0 amide bonds. The number of aromatic nitrogens is 2. The van der Waals surface area contributed by atoms with Gasteiger partial charge in [0.05, 0.1) is 29.7 Å². The smallest absolute Gasteiger partial charge is 0.120 e. The van der Waals surface area contributed by atoms with Crippen LogP contribution in [0.4, 0.5) is 0 Å². The third-order valence-corrected chi connectivity index (χ3v) is 3.40. The van der Waals surface area contributed by atoms with Gasteiger partial charge >= 0.3 is 0 Å². The van der Waals surface area contributed by atoms with Crippen LogP contribution in [-0.4, -0.2) is 23.1 Å². The van der Waals surface area contributed by atoms with Gasteiger partial charge < -0.3 is 10.1 Å². The van der Waals surface area contributed by atoms with Gasteiger partial charge in [0.1, 0.15) is 5.75 Å². The largest absolute Gasteiger partial charge is 0.490 e. The summed E-state index contributed by atoms with van der Waals surface area (Å²) in [5.41, 5.74) is 2.99. The Hall–Kier alpha value is -1.94. The van der Waals surface area contributed by atoms with Gasteiger partial charge in [0.25, 0.3) is 0 Å². The van der Waals surface area contributed by atoms with Gasteiger partial charge in [0.2, 0.25) is 0 Å². The van der Waals surface area contributed by atoms with Crippen LogP contribution in [0.25, 0.3) is 0 Å². The summed E-state index contributed by atoms with van der Waals surface area (Å²) in [6, 6.07) is 8.24. The molecule has 0 bridgehead atoms. The Balaban J connectivity index is 1.85. The van der Waals surface area contributed by atoms with E-state index in [0.29, 0.717) is 6.10 Å². The van der Waals surface area contributed by atoms with E-state index in [0.717, 1.165) is 22.7 Å². The van der Waals surface area contributed by atoms with E-state index in [-0.39, 0.29) is 6.04 Å². The zero-order valence-corrected chi connectivity index (χ0v) is 11.8. The Bertz CT molecular complexity index is 579. The average Bonchev–Trinajstić information content (AvgIpc) is 3.26. The first-order valence-electron chi connectivity index (χ1n) is 6.98. The molecule has 20 heavy (non-hydrogen) atoms. The molecule has 0 spiro atoms. The molecule has 1 aromatic carbocycles. The molecule has 4 nitrogen and oxygen atoms in total. The summed E-state index contributed by atoms with van der Waals surface area (Å²) in [5.74, 6) is 0.935. The normalized spacial score (nSPS) is 15.9. The predicted octanol–water partition coefficient (Wildman–Crippen LogP) is 2.64. The van der Waals surface area contributed by atoms with E-state index in [1.54, 1.807) is 6.20 Å². The first kappa shape index (κ1) is 13.1. The van der Waals surface area contributed by atoms with Gasteiger partial charge in [-0.15, -0.1) is 0 Å². The molecule has 1 saturated carbocycles. The maximum atomic E-state index is 5.85. The topological polar surface area (TPSA) is 47.0 Å². The molecule has 0 saturated heterocycles. The van der Waals surface area contributed by atoms with Crippen LogP contribution in [-0.2, 0) is 0 Å². The summed E-state index contributed by atoms with van der Waals surface area (Å²) in [6.07, 6.45) is 6.37. The zero-order valence-electron chi connectivity index (χ0n) is 11.8. The van der Waals surface area contributed by atoms with Crippen LogP contribution in [0.15, 0.2) is 36.7 Å². The lowest BCUT2D eigenvalue weighted by atomic mass is 10.0. The predicted molar refractivity (Wildman–Crippen MR) is 77.8 cm³/mol.